The highest BCUT2D eigenvalue weighted by Crippen LogP contribution is 2.67. The van der Waals surface area contributed by atoms with Gasteiger partial charge in [-0.15, -0.1) is 0 Å². The molecule has 0 heterocycles. The van der Waals surface area contributed by atoms with E-state index in [0.717, 1.165) is 11.1 Å². The summed E-state index contributed by atoms with van der Waals surface area (Å²) in [6.07, 6.45) is 0.507. The molecule has 2 aliphatic rings. The van der Waals surface area contributed by atoms with Crippen molar-refractivity contribution in [1.29, 1.82) is 5.26 Å². The predicted molar refractivity (Wildman–Crippen MR) is 131 cm³/mol. The van der Waals surface area contributed by atoms with E-state index >= 15 is 0 Å². The van der Waals surface area contributed by atoms with Crippen molar-refractivity contribution in [2.45, 2.75) is 59.1 Å². The van der Waals surface area contributed by atoms with Gasteiger partial charge >= 0.3 is 0 Å². The third-order valence-electron chi connectivity index (χ3n) is 7.37. The third-order valence-corrected chi connectivity index (χ3v) is 12.4. The normalized spacial score (nSPS) is 27.5. The zero-order valence-electron chi connectivity index (χ0n) is 20.0. The standard InChI is InChI=1S/C28H33NO2Si/c1-19(2)24-25-23(17-20(3)26(30)28(24,25)18-29)31-32(27(4,5)6,21-13-9-7-10-14-21)22-15-11-8-12-16-22/h7-16,20,23,25H,17H2,1-6H3/t20-,23+,25-,28+/m1/s1. The molecule has 2 fully saturated rings. The van der Waals surface area contributed by atoms with E-state index < -0.39 is 13.7 Å². The van der Waals surface area contributed by atoms with Gasteiger partial charge in [0.2, 0.25) is 0 Å². The summed E-state index contributed by atoms with van der Waals surface area (Å²) in [6, 6.07) is 23.6. The molecule has 0 bridgehead atoms. The number of carbonyl (C=O) groups excluding carboxylic acids is 1. The summed E-state index contributed by atoms with van der Waals surface area (Å²) in [5, 5.41) is 12.5. The van der Waals surface area contributed by atoms with Crippen molar-refractivity contribution in [3.8, 4) is 6.07 Å². The van der Waals surface area contributed by atoms with Crippen LogP contribution in [0, 0.1) is 28.6 Å². The zero-order valence-corrected chi connectivity index (χ0v) is 21.0. The van der Waals surface area contributed by atoms with Crippen LogP contribution in [-0.2, 0) is 9.22 Å². The van der Waals surface area contributed by atoms with Crippen LogP contribution >= 0.6 is 0 Å². The number of ketones is 1. The molecule has 0 radical (unpaired) electrons. The lowest BCUT2D eigenvalue weighted by molar-refractivity contribution is -0.129. The Hall–Kier alpha value is -2.48. The minimum absolute atomic E-state index is 0.0727. The van der Waals surface area contributed by atoms with Crippen LogP contribution in [0.5, 0.6) is 0 Å². The lowest BCUT2D eigenvalue weighted by Gasteiger charge is -2.46. The Morgan fingerprint density at radius 2 is 1.53 bits per heavy atom. The van der Waals surface area contributed by atoms with E-state index in [9.17, 15) is 10.1 Å². The molecule has 0 unspecified atom stereocenters. The van der Waals surface area contributed by atoms with Gasteiger partial charge in [-0.1, -0.05) is 93.9 Å². The highest BCUT2D eigenvalue weighted by Gasteiger charge is 2.73. The van der Waals surface area contributed by atoms with E-state index in [4.69, 9.17) is 4.43 Å². The molecule has 0 N–H and O–H groups in total. The van der Waals surface area contributed by atoms with Gasteiger partial charge in [0.05, 0.1) is 12.2 Å². The smallest absolute Gasteiger partial charge is 0.261 e. The molecule has 0 aromatic heterocycles. The summed E-state index contributed by atoms with van der Waals surface area (Å²) in [5.41, 5.74) is 1.08. The highest BCUT2D eigenvalue weighted by atomic mass is 28.4. The van der Waals surface area contributed by atoms with Crippen molar-refractivity contribution in [3.63, 3.8) is 0 Å². The second kappa shape index (κ2) is 7.83. The SMILES string of the molecule is CC(C)=C1[C@H]2[C@@H](O[Si](c3ccccc3)(c3ccccc3)C(C)(C)C)C[C@@H](C)C(=O)[C@@]12C#N. The van der Waals surface area contributed by atoms with Crippen molar-refractivity contribution >= 4 is 24.5 Å². The zero-order chi connectivity index (χ0) is 23.3. The first-order valence-electron chi connectivity index (χ1n) is 11.5. The maximum Gasteiger partial charge on any atom is 0.261 e. The fourth-order valence-electron chi connectivity index (χ4n) is 6.01. The Labute approximate surface area is 193 Å². The van der Waals surface area contributed by atoms with Crippen LogP contribution in [0.2, 0.25) is 5.04 Å². The Bertz CT molecular complexity index is 1050. The minimum Gasteiger partial charge on any atom is -0.404 e. The molecular weight excluding hydrogens is 410 g/mol. The van der Waals surface area contributed by atoms with Gasteiger partial charge in [0.25, 0.3) is 8.32 Å². The van der Waals surface area contributed by atoms with E-state index in [1.807, 2.05) is 32.9 Å². The van der Waals surface area contributed by atoms with Gasteiger partial charge in [0.1, 0.15) is 5.41 Å². The highest BCUT2D eigenvalue weighted by molar-refractivity contribution is 6.99. The summed E-state index contributed by atoms with van der Waals surface area (Å²) < 4.78 is 7.40. The van der Waals surface area contributed by atoms with Gasteiger partial charge in [-0.05, 0) is 41.3 Å². The first-order chi connectivity index (χ1) is 15.1. The maximum atomic E-state index is 13.2. The summed E-state index contributed by atoms with van der Waals surface area (Å²) >= 11 is 0. The Morgan fingerprint density at radius 1 is 1.03 bits per heavy atom. The van der Waals surface area contributed by atoms with E-state index in [2.05, 4.69) is 75.4 Å². The van der Waals surface area contributed by atoms with E-state index in [0.29, 0.717) is 6.42 Å². The molecule has 2 saturated carbocycles. The van der Waals surface area contributed by atoms with Gasteiger partial charge < -0.3 is 4.43 Å². The summed E-state index contributed by atoms with van der Waals surface area (Å²) in [7, 11) is -2.76. The van der Waals surface area contributed by atoms with Gasteiger partial charge in [-0.25, -0.2) is 0 Å². The van der Waals surface area contributed by atoms with Crippen molar-refractivity contribution in [3.05, 3.63) is 71.8 Å². The van der Waals surface area contributed by atoms with Gasteiger partial charge in [0, 0.05) is 11.8 Å². The van der Waals surface area contributed by atoms with Crippen LogP contribution < -0.4 is 10.4 Å². The minimum atomic E-state index is -2.76. The molecule has 0 saturated heterocycles. The summed E-state index contributed by atoms with van der Waals surface area (Å²) in [5.74, 6) is -0.252. The molecule has 4 rings (SSSR count). The molecule has 2 aliphatic carbocycles. The number of hydrogen-bond acceptors (Lipinski definition) is 3. The van der Waals surface area contributed by atoms with Crippen molar-refractivity contribution in [1.82, 2.24) is 0 Å². The molecule has 4 heteroatoms. The molecule has 32 heavy (non-hydrogen) atoms. The average Bonchev–Trinajstić information content (AvgIpc) is 3.47. The molecule has 2 aromatic carbocycles. The topological polar surface area (TPSA) is 50.1 Å². The molecule has 166 valence electrons. The predicted octanol–water partition coefficient (Wildman–Crippen LogP) is 5.02. The molecule has 2 aromatic rings. The van der Waals surface area contributed by atoms with Crippen LogP contribution in [0.3, 0.4) is 0 Å². The summed E-state index contributed by atoms with van der Waals surface area (Å²) in [6.45, 7) is 12.8. The van der Waals surface area contributed by atoms with Gasteiger partial charge in [-0.3, -0.25) is 4.79 Å². The molecule has 3 nitrogen and oxygen atoms in total. The number of hydrogen-bond donors (Lipinski definition) is 0. The molecule has 0 amide bonds. The van der Waals surface area contributed by atoms with E-state index in [1.165, 1.54) is 10.4 Å². The Balaban J connectivity index is 1.91. The van der Waals surface area contributed by atoms with Crippen molar-refractivity contribution in [2.24, 2.45) is 17.3 Å². The van der Waals surface area contributed by atoms with Crippen LogP contribution in [0.25, 0.3) is 0 Å². The third kappa shape index (κ3) is 3.14. The first-order valence-corrected chi connectivity index (χ1v) is 13.4. The fourth-order valence-corrected chi connectivity index (χ4v) is 10.7. The number of benzene rings is 2. The Kier molecular flexibility index (Phi) is 5.55. The molecule has 0 aliphatic heterocycles. The van der Waals surface area contributed by atoms with Crippen LogP contribution in [0.4, 0.5) is 0 Å². The van der Waals surface area contributed by atoms with Crippen LogP contribution in [-0.4, -0.2) is 20.2 Å². The second-order valence-corrected chi connectivity index (χ2v) is 14.9. The maximum absolute atomic E-state index is 13.2. The monoisotopic (exact) mass is 443 g/mol. The quantitative estimate of drug-likeness (QED) is 0.493. The van der Waals surface area contributed by atoms with E-state index in [-0.39, 0.29) is 28.8 Å². The van der Waals surface area contributed by atoms with Crippen LogP contribution in [0.15, 0.2) is 71.8 Å². The van der Waals surface area contributed by atoms with E-state index in [1.54, 1.807) is 0 Å². The molecular formula is C28H33NO2Si. The van der Waals surface area contributed by atoms with Crippen LogP contribution in [0.1, 0.15) is 48.0 Å². The number of carbonyl (C=O) groups is 1. The molecule has 4 atom stereocenters. The number of nitriles is 1. The number of nitrogens with zero attached hydrogens (tertiary/aromatic N) is 1. The van der Waals surface area contributed by atoms with Gasteiger partial charge in [-0.2, -0.15) is 5.26 Å². The van der Waals surface area contributed by atoms with Crippen molar-refractivity contribution in [2.75, 3.05) is 0 Å². The van der Waals surface area contributed by atoms with Gasteiger partial charge in [0.15, 0.2) is 5.78 Å². The second-order valence-electron chi connectivity index (χ2n) is 10.6. The fraction of sp³-hybridized carbons (Fsp3) is 0.429. The summed E-state index contributed by atoms with van der Waals surface area (Å²) in [4.78, 5) is 13.2. The lowest BCUT2D eigenvalue weighted by Crippen LogP contribution is -2.68. The largest absolute Gasteiger partial charge is 0.404 e. The number of fused-ring (bicyclic) bond motifs is 1. The van der Waals surface area contributed by atoms with Crippen molar-refractivity contribution < 1.29 is 9.22 Å². The lowest BCUT2D eigenvalue weighted by atomic mass is 9.79. The number of allylic oxidation sites excluding steroid dienone is 1. The number of rotatable bonds is 4. The Morgan fingerprint density at radius 3 is 1.94 bits per heavy atom. The number of Topliss-reactive ketones (excluding diaryl/α,β-unsaturated/α-hetero) is 1. The average molecular weight is 444 g/mol. The molecule has 0 spiro atoms. The first kappa shape index (κ1) is 22.7.